The van der Waals surface area contributed by atoms with Crippen molar-refractivity contribution in [2.24, 2.45) is 0 Å². The van der Waals surface area contributed by atoms with Gasteiger partial charge in [0.1, 0.15) is 17.3 Å². The molecule has 0 radical (unpaired) electrons. The number of halogens is 6. The first-order chi connectivity index (χ1) is 12.6. The highest BCUT2D eigenvalue weighted by atomic mass is 19.4. The van der Waals surface area contributed by atoms with Gasteiger partial charge in [0.05, 0.1) is 23.9 Å². The van der Waals surface area contributed by atoms with Crippen LogP contribution in [0.2, 0.25) is 0 Å². The average molecular weight is 387 g/mol. The summed E-state index contributed by atoms with van der Waals surface area (Å²) >= 11 is 0. The van der Waals surface area contributed by atoms with Gasteiger partial charge in [-0.3, -0.25) is 0 Å². The number of rotatable bonds is 3. The lowest BCUT2D eigenvalue weighted by atomic mass is 10.1. The second-order valence-electron chi connectivity index (χ2n) is 5.49. The summed E-state index contributed by atoms with van der Waals surface area (Å²) in [6.45, 7) is 0. The molecular formula is C17H11F6N3O. The summed E-state index contributed by atoms with van der Waals surface area (Å²) in [5, 5.41) is 2.94. The van der Waals surface area contributed by atoms with Crippen LogP contribution in [0.4, 0.5) is 37.8 Å². The van der Waals surface area contributed by atoms with Gasteiger partial charge in [-0.05, 0) is 30.3 Å². The zero-order valence-corrected chi connectivity index (χ0v) is 13.6. The van der Waals surface area contributed by atoms with Gasteiger partial charge in [-0.1, -0.05) is 0 Å². The van der Waals surface area contributed by atoms with E-state index in [2.05, 4.69) is 15.3 Å². The number of nitrogens with zero attached hydrogens (tertiary/aromatic N) is 2. The standard InChI is InChI=1S/C17H11F6N3O/c1-27-10-3-4-11-12(6-10)25-14(17(21,22)23)7-13(11)26-15-5-2-9(8-24-15)16(18,19)20/h2-8H,1H3,(H,24,25,26). The normalized spacial score (nSPS) is 12.3. The number of pyridine rings is 2. The van der Waals surface area contributed by atoms with Crippen LogP contribution in [0.25, 0.3) is 10.9 Å². The van der Waals surface area contributed by atoms with Gasteiger partial charge in [0, 0.05) is 17.6 Å². The van der Waals surface area contributed by atoms with Gasteiger partial charge in [-0.15, -0.1) is 0 Å². The van der Waals surface area contributed by atoms with Crippen molar-refractivity contribution >= 4 is 22.4 Å². The van der Waals surface area contributed by atoms with Crippen molar-refractivity contribution in [3.63, 3.8) is 0 Å². The Morgan fingerprint density at radius 2 is 1.67 bits per heavy atom. The van der Waals surface area contributed by atoms with E-state index >= 15 is 0 Å². The van der Waals surface area contributed by atoms with Crippen molar-refractivity contribution in [3.8, 4) is 5.75 Å². The molecule has 0 fully saturated rings. The van der Waals surface area contributed by atoms with Crippen molar-refractivity contribution in [3.05, 3.63) is 53.9 Å². The average Bonchev–Trinajstić information content (AvgIpc) is 2.60. The third-order valence-electron chi connectivity index (χ3n) is 3.66. The molecular weight excluding hydrogens is 376 g/mol. The molecule has 2 heterocycles. The number of nitrogens with one attached hydrogen (secondary N) is 1. The Morgan fingerprint density at radius 1 is 0.926 bits per heavy atom. The number of benzene rings is 1. The molecule has 0 aliphatic rings. The Bertz CT molecular complexity index is 967. The minimum atomic E-state index is -4.71. The van der Waals surface area contributed by atoms with Gasteiger partial charge >= 0.3 is 12.4 Å². The lowest BCUT2D eigenvalue weighted by molar-refractivity contribution is -0.141. The third-order valence-corrected chi connectivity index (χ3v) is 3.66. The second kappa shape index (κ2) is 6.60. The minimum Gasteiger partial charge on any atom is -0.497 e. The first-order valence-electron chi connectivity index (χ1n) is 7.44. The molecule has 0 aliphatic carbocycles. The maximum Gasteiger partial charge on any atom is 0.433 e. The Morgan fingerprint density at radius 3 is 2.22 bits per heavy atom. The molecule has 0 unspecified atom stereocenters. The number of anilines is 2. The zero-order valence-electron chi connectivity index (χ0n) is 13.6. The van der Waals surface area contributed by atoms with Crippen LogP contribution in [-0.2, 0) is 12.4 Å². The molecule has 0 atom stereocenters. The SMILES string of the molecule is COc1ccc2c(Nc3ccc(C(F)(F)F)cn3)cc(C(F)(F)F)nc2c1. The quantitative estimate of drug-likeness (QED) is 0.610. The molecule has 4 nitrogen and oxygen atoms in total. The predicted octanol–water partition coefficient (Wildman–Crippen LogP) is 5.42. The number of ether oxygens (including phenoxy) is 1. The van der Waals surface area contributed by atoms with Crippen LogP contribution < -0.4 is 10.1 Å². The molecule has 0 bridgehead atoms. The molecule has 0 saturated carbocycles. The monoisotopic (exact) mass is 387 g/mol. The van der Waals surface area contributed by atoms with E-state index in [1.54, 1.807) is 0 Å². The van der Waals surface area contributed by atoms with Crippen molar-refractivity contribution in [2.75, 3.05) is 12.4 Å². The fraction of sp³-hybridized carbons (Fsp3) is 0.176. The summed E-state index contributed by atoms with van der Waals surface area (Å²) in [4.78, 5) is 7.20. The predicted molar refractivity (Wildman–Crippen MR) is 85.8 cm³/mol. The highest BCUT2D eigenvalue weighted by molar-refractivity contribution is 5.93. The maximum atomic E-state index is 13.1. The number of methoxy groups -OCH3 is 1. The Labute approximate surface area is 148 Å². The third kappa shape index (κ3) is 4.04. The molecule has 1 N–H and O–H groups in total. The van der Waals surface area contributed by atoms with E-state index in [0.717, 1.165) is 18.2 Å². The van der Waals surface area contributed by atoms with Gasteiger partial charge < -0.3 is 10.1 Å². The molecule has 0 spiro atoms. The van der Waals surface area contributed by atoms with E-state index in [9.17, 15) is 26.3 Å². The highest BCUT2D eigenvalue weighted by Crippen LogP contribution is 2.35. The summed E-state index contributed by atoms with van der Waals surface area (Å²) in [6.07, 6.45) is -8.67. The van der Waals surface area contributed by atoms with Crippen LogP contribution in [0, 0.1) is 0 Å². The lowest BCUT2D eigenvalue weighted by Crippen LogP contribution is -2.09. The maximum absolute atomic E-state index is 13.1. The Hall–Kier alpha value is -3.04. The fourth-order valence-electron chi connectivity index (χ4n) is 2.36. The van der Waals surface area contributed by atoms with Crippen LogP contribution in [0.5, 0.6) is 5.75 Å². The Balaban J connectivity index is 2.06. The van der Waals surface area contributed by atoms with E-state index in [1.165, 1.54) is 25.3 Å². The summed E-state index contributed by atoms with van der Waals surface area (Å²) < 4.78 is 82.2. The molecule has 0 amide bonds. The van der Waals surface area contributed by atoms with Crippen LogP contribution in [0.15, 0.2) is 42.6 Å². The molecule has 0 saturated heterocycles. The van der Waals surface area contributed by atoms with Crippen molar-refractivity contribution in [1.82, 2.24) is 9.97 Å². The van der Waals surface area contributed by atoms with Crippen LogP contribution in [0.3, 0.4) is 0 Å². The molecule has 2 aromatic heterocycles. The van der Waals surface area contributed by atoms with Gasteiger partial charge in [0.25, 0.3) is 0 Å². The van der Waals surface area contributed by atoms with Gasteiger partial charge in [0.2, 0.25) is 0 Å². The molecule has 1 aromatic carbocycles. The topological polar surface area (TPSA) is 47.0 Å². The fourth-order valence-corrected chi connectivity index (χ4v) is 2.36. The molecule has 27 heavy (non-hydrogen) atoms. The van der Waals surface area contributed by atoms with Crippen molar-refractivity contribution in [1.29, 1.82) is 0 Å². The summed E-state index contributed by atoms with van der Waals surface area (Å²) in [5.74, 6) is 0.271. The molecule has 3 aromatic rings. The van der Waals surface area contributed by atoms with Gasteiger partial charge in [-0.2, -0.15) is 26.3 Å². The van der Waals surface area contributed by atoms with Crippen LogP contribution in [0.1, 0.15) is 11.3 Å². The first-order valence-corrected chi connectivity index (χ1v) is 7.44. The minimum absolute atomic E-state index is 0.00207. The van der Waals surface area contributed by atoms with Gasteiger partial charge in [0.15, 0.2) is 0 Å². The van der Waals surface area contributed by atoms with E-state index in [-0.39, 0.29) is 17.0 Å². The van der Waals surface area contributed by atoms with E-state index in [0.29, 0.717) is 17.3 Å². The number of hydrogen-bond donors (Lipinski definition) is 1. The van der Waals surface area contributed by atoms with Crippen molar-refractivity contribution < 1.29 is 31.1 Å². The van der Waals surface area contributed by atoms with Crippen LogP contribution in [-0.4, -0.2) is 17.1 Å². The number of alkyl halides is 6. The molecule has 0 aliphatic heterocycles. The van der Waals surface area contributed by atoms with Gasteiger partial charge in [-0.25, -0.2) is 9.97 Å². The molecule has 3 rings (SSSR count). The zero-order chi connectivity index (χ0) is 19.8. The molecule has 142 valence electrons. The summed E-state index contributed by atoms with van der Waals surface area (Å²) in [5.41, 5.74) is -2.10. The lowest BCUT2D eigenvalue weighted by Gasteiger charge is -2.14. The van der Waals surface area contributed by atoms with E-state index < -0.39 is 23.6 Å². The second-order valence-corrected chi connectivity index (χ2v) is 5.49. The number of aromatic nitrogens is 2. The summed E-state index contributed by atoms with van der Waals surface area (Å²) in [7, 11) is 1.36. The molecule has 10 heteroatoms. The number of fused-ring (bicyclic) bond motifs is 1. The Kier molecular flexibility index (Phi) is 4.58. The number of hydrogen-bond acceptors (Lipinski definition) is 4. The summed E-state index contributed by atoms with van der Waals surface area (Å²) in [6, 6.07) is 6.94. The first kappa shape index (κ1) is 18.7. The van der Waals surface area contributed by atoms with E-state index in [4.69, 9.17) is 4.74 Å². The van der Waals surface area contributed by atoms with Crippen LogP contribution >= 0.6 is 0 Å². The smallest absolute Gasteiger partial charge is 0.433 e. The largest absolute Gasteiger partial charge is 0.497 e. The van der Waals surface area contributed by atoms with Crippen molar-refractivity contribution in [2.45, 2.75) is 12.4 Å². The van der Waals surface area contributed by atoms with E-state index in [1.807, 2.05) is 0 Å². The highest BCUT2D eigenvalue weighted by Gasteiger charge is 2.34.